The van der Waals surface area contributed by atoms with Crippen molar-refractivity contribution in [1.29, 1.82) is 0 Å². The average Bonchev–Trinajstić information content (AvgIpc) is 2.17. The summed E-state index contributed by atoms with van der Waals surface area (Å²) in [6.45, 7) is 3.84. The molecule has 0 heterocycles. The van der Waals surface area contributed by atoms with E-state index >= 15 is 0 Å². The van der Waals surface area contributed by atoms with Crippen molar-refractivity contribution >= 4 is 21.8 Å². The normalized spacial score (nSPS) is 27.5. The molecule has 1 aliphatic rings. The lowest BCUT2D eigenvalue weighted by Crippen LogP contribution is -2.48. The number of amides is 1. The first-order valence-corrected chi connectivity index (χ1v) is 6.35. The molecule has 0 aromatic heterocycles. The van der Waals surface area contributed by atoms with Gasteiger partial charge in [0, 0.05) is 18.6 Å². The summed E-state index contributed by atoms with van der Waals surface area (Å²) >= 11 is 3.34. The first kappa shape index (κ1) is 13.0. The van der Waals surface area contributed by atoms with Gasteiger partial charge in [-0.3, -0.25) is 4.79 Å². The summed E-state index contributed by atoms with van der Waals surface area (Å²) in [5.74, 6) is 0.241. The molecule has 0 aromatic carbocycles. The second kappa shape index (κ2) is 5.30. The summed E-state index contributed by atoms with van der Waals surface area (Å²) in [4.78, 5) is 11.8. The van der Waals surface area contributed by atoms with Crippen LogP contribution in [0.2, 0.25) is 0 Å². The number of hydrogen-bond donors (Lipinski definition) is 2. The largest absolute Gasteiger partial charge is 0.396 e. The Morgan fingerprint density at radius 2 is 2.07 bits per heavy atom. The van der Waals surface area contributed by atoms with Gasteiger partial charge in [-0.25, -0.2) is 0 Å². The zero-order valence-corrected chi connectivity index (χ0v) is 11.0. The van der Waals surface area contributed by atoms with Gasteiger partial charge < -0.3 is 10.4 Å². The van der Waals surface area contributed by atoms with Gasteiger partial charge in [0.1, 0.15) is 0 Å². The van der Waals surface area contributed by atoms with Crippen molar-refractivity contribution in [3.05, 3.63) is 0 Å². The van der Waals surface area contributed by atoms with Crippen LogP contribution in [-0.2, 0) is 4.79 Å². The van der Waals surface area contributed by atoms with Crippen LogP contribution in [0.5, 0.6) is 0 Å². The molecule has 1 fully saturated rings. The monoisotopic (exact) mass is 277 g/mol. The molecular formula is C11H20BrNO2. The van der Waals surface area contributed by atoms with Gasteiger partial charge in [0.2, 0.25) is 5.91 Å². The smallest absolute Gasteiger partial charge is 0.236 e. The fourth-order valence-electron chi connectivity index (χ4n) is 1.96. The van der Waals surface area contributed by atoms with E-state index in [2.05, 4.69) is 21.2 Å². The minimum Gasteiger partial charge on any atom is -0.396 e. The van der Waals surface area contributed by atoms with Crippen LogP contribution in [-0.4, -0.2) is 28.0 Å². The molecule has 1 amide bonds. The standard InChI is InChI=1S/C11H20BrNO2/c1-11(2,12)10(15)13-9-6-4-3-5-8(9)7-14/h8-9,14H,3-7H2,1-2H3,(H,13,15). The molecule has 0 saturated heterocycles. The summed E-state index contributed by atoms with van der Waals surface area (Å²) in [6, 6.07) is 0.146. The summed E-state index contributed by atoms with van der Waals surface area (Å²) in [7, 11) is 0. The molecule has 1 aliphatic carbocycles. The predicted molar refractivity (Wildman–Crippen MR) is 64.0 cm³/mol. The van der Waals surface area contributed by atoms with E-state index in [-0.39, 0.29) is 24.5 Å². The van der Waals surface area contributed by atoms with Gasteiger partial charge in [0.15, 0.2) is 0 Å². The number of aliphatic hydroxyl groups excluding tert-OH is 1. The molecule has 0 radical (unpaired) electrons. The fourth-order valence-corrected chi connectivity index (χ4v) is 2.07. The molecule has 0 spiro atoms. The third-order valence-electron chi connectivity index (χ3n) is 3.00. The Hall–Kier alpha value is -0.0900. The highest BCUT2D eigenvalue weighted by Gasteiger charge is 2.30. The zero-order valence-electron chi connectivity index (χ0n) is 9.42. The lowest BCUT2D eigenvalue weighted by molar-refractivity contribution is -0.123. The third kappa shape index (κ3) is 3.76. The highest BCUT2D eigenvalue weighted by atomic mass is 79.9. The number of hydrogen-bond acceptors (Lipinski definition) is 2. The highest BCUT2D eigenvalue weighted by molar-refractivity contribution is 9.10. The zero-order chi connectivity index (χ0) is 11.5. The number of carbonyl (C=O) groups excluding carboxylic acids is 1. The Morgan fingerprint density at radius 1 is 1.47 bits per heavy atom. The van der Waals surface area contributed by atoms with Crippen molar-refractivity contribution in [2.24, 2.45) is 5.92 Å². The van der Waals surface area contributed by atoms with E-state index in [1.165, 1.54) is 0 Å². The van der Waals surface area contributed by atoms with E-state index < -0.39 is 4.32 Å². The summed E-state index contributed by atoms with van der Waals surface area (Å²) in [5.41, 5.74) is 0. The van der Waals surface area contributed by atoms with Crippen LogP contribution in [0.3, 0.4) is 0 Å². The predicted octanol–water partition coefficient (Wildman–Crippen LogP) is 1.83. The van der Waals surface area contributed by atoms with Crippen molar-refractivity contribution in [1.82, 2.24) is 5.32 Å². The quantitative estimate of drug-likeness (QED) is 0.774. The van der Waals surface area contributed by atoms with E-state index in [0.29, 0.717) is 0 Å². The van der Waals surface area contributed by atoms with Gasteiger partial charge >= 0.3 is 0 Å². The number of nitrogens with one attached hydrogen (secondary N) is 1. The fraction of sp³-hybridized carbons (Fsp3) is 0.909. The van der Waals surface area contributed by atoms with E-state index in [1.54, 1.807) is 0 Å². The Labute approximate surface area is 99.8 Å². The van der Waals surface area contributed by atoms with Gasteiger partial charge in [0.05, 0.1) is 4.32 Å². The summed E-state index contributed by atoms with van der Waals surface area (Å²) < 4.78 is -0.523. The van der Waals surface area contributed by atoms with Crippen LogP contribution < -0.4 is 5.32 Å². The van der Waals surface area contributed by atoms with Gasteiger partial charge in [0.25, 0.3) is 0 Å². The van der Waals surface area contributed by atoms with Crippen LogP contribution in [0.1, 0.15) is 39.5 Å². The van der Waals surface area contributed by atoms with Crippen LogP contribution in [0, 0.1) is 5.92 Å². The van der Waals surface area contributed by atoms with Gasteiger partial charge in [-0.15, -0.1) is 0 Å². The average molecular weight is 278 g/mol. The lowest BCUT2D eigenvalue weighted by atomic mass is 9.85. The molecule has 2 unspecified atom stereocenters. The van der Waals surface area contributed by atoms with E-state index in [1.807, 2.05) is 13.8 Å². The molecule has 0 bridgehead atoms. The van der Waals surface area contributed by atoms with Crippen molar-refractivity contribution in [2.75, 3.05) is 6.61 Å². The Kier molecular flexibility index (Phi) is 4.59. The molecule has 4 heteroatoms. The maximum absolute atomic E-state index is 11.8. The maximum atomic E-state index is 11.8. The van der Waals surface area contributed by atoms with E-state index in [9.17, 15) is 9.90 Å². The third-order valence-corrected chi connectivity index (χ3v) is 3.36. The molecule has 88 valence electrons. The van der Waals surface area contributed by atoms with Crippen LogP contribution in [0.15, 0.2) is 0 Å². The topological polar surface area (TPSA) is 49.3 Å². The maximum Gasteiger partial charge on any atom is 0.236 e. The Morgan fingerprint density at radius 3 is 2.60 bits per heavy atom. The molecule has 15 heavy (non-hydrogen) atoms. The number of carbonyl (C=O) groups is 1. The van der Waals surface area contributed by atoms with Gasteiger partial charge in [-0.1, -0.05) is 28.8 Å². The van der Waals surface area contributed by atoms with E-state index in [0.717, 1.165) is 25.7 Å². The number of rotatable bonds is 3. The van der Waals surface area contributed by atoms with Gasteiger partial charge in [-0.2, -0.15) is 0 Å². The second-order valence-electron chi connectivity index (χ2n) is 4.78. The first-order valence-electron chi connectivity index (χ1n) is 5.56. The molecule has 3 nitrogen and oxygen atoms in total. The minimum atomic E-state index is -0.523. The molecule has 0 aliphatic heterocycles. The number of halogens is 1. The molecule has 2 N–H and O–H groups in total. The van der Waals surface area contributed by atoms with Crippen molar-refractivity contribution in [3.8, 4) is 0 Å². The minimum absolute atomic E-state index is 0.00727. The molecular weight excluding hydrogens is 258 g/mol. The summed E-state index contributed by atoms with van der Waals surface area (Å²) in [6.07, 6.45) is 4.31. The molecule has 2 atom stereocenters. The molecule has 0 aromatic rings. The SMILES string of the molecule is CC(C)(Br)C(=O)NC1CCCCC1CO. The van der Waals surface area contributed by atoms with Crippen molar-refractivity contribution in [2.45, 2.75) is 49.9 Å². The van der Waals surface area contributed by atoms with Crippen molar-refractivity contribution < 1.29 is 9.90 Å². The highest BCUT2D eigenvalue weighted by Crippen LogP contribution is 2.25. The summed E-state index contributed by atoms with van der Waals surface area (Å²) in [5, 5.41) is 12.2. The van der Waals surface area contributed by atoms with Crippen molar-refractivity contribution in [3.63, 3.8) is 0 Å². The van der Waals surface area contributed by atoms with Crippen LogP contribution in [0.25, 0.3) is 0 Å². The van der Waals surface area contributed by atoms with Crippen LogP contribution in [0.4, 0.5) is 0 Å². The molecule has 1 rings (SSSR count). The first-order chi connectivity index (χ1) is 6.95. The number of aliphatic hydroxyl groups is 1. The second-order valence-corrected chi connectivity index (χ2v) is 6.76. The van der Waals surface area contributed by atoms with E-state index in [4.69, 9.17) is 0 Å². The Bertz CT molecular complexity index is 225. The lowest BCUT2D eigenvalue weighted by Gasteiger charge is -2.32. The Balaban J connectivity index is 2.52. The van der Waals surface area contributed by atoms with Gasteiger partial charge in [-0.05, 0) is 26.7 Å². The molecule has 1 saturated carbocycles. The van der Waals surface area contributed by atoms with Crippen LogP contribution >= 0.6 is 15.9 Å². The number of alkyl halides is 1.